The number of thiazole rings is 1. The number of rotatable bonds is 6. The summed E-state index contributed by atoms with van der Waals surface area (Å²) in [6, 6.07) is 26.4. The first-order valence-corrected chi connectivity index (χ1v) is 13.0. The number of phenolic OH excluding ortho intramolecular Hbond substituents is 1. The van der Waals surface area contributed by atoms with Gasteiger partial charge in [0.2, 0.25) is 5.91 Å². The molecule has 36 heavy (non-hydrogen) atoms. The van der Waals surface area contributed by atoms with Gasteiger partial charge in [0.05, 0.1) is 21.7 Å². The largest absolute Gasteiger partial charge is 0.507 e. The van der Waals surface area contributed by atoms with E-state index in [9.17, 15) is 9.90 Å². The van der Waals surface area contributed by atoms with E-state index in [1.165, 1.54) is 23.1 Å². The maximum atomic E-state index is 12.6. The molecule has 0 bridgehead atoms. The second kappa shape index (κ2) is 9.49. The normalized spacial score (nSPS) is 11.7. The number of hydrogen-bond donors (Lipinski definition) is 2. The summed E-state index contributed by atoms with van der Waals surface area (Å²) >= 11 is 2.92. The number of phenols is 1. The Kier molecular flexibility index (Phi) is 5.88. The van der Waals surface area contributed by atoms with Gasteiger partial charge in [0.1, 0.15) is 16.9 Å². The van der Waals surface area contributed by atoms with E-state index in [0.29, 0.717) is 11.3 Å². The number of nitrogens with one attached hydrogen (secondary N) is 1. The van der Waals surface area contributed by atoms with Gasteiger partial charge in [-0.05, 0) is 48.5 Å². The minimum absolute atomic E-state index is 0.109. The summed E-state index contributed by atoms with van der Waals surface area (Å²) in [7, 11) is 0. The molecule has 0 spiro atoms. The fraction of sp³-hybridized carbons (Fsp3) is 0.0357. The van der Waals surface area contributed by atoms with Gasteiger partial charge in [-0.15, -0.1) is 11.3 Å². The molecule has 2 N–H and O–H groups in total. The van der Waals surface area contributed by atoms with E-state index in [-0.39, 0.29) is 17.4 Å². The van der Waals surface area contributed by atoms with E-state index >= 15 is 0 Å². The van der Waals surface area contributed by atoms with Gasteiger partial charge in [0, 0.05) is 34.3 Å². The number of carbonyl (C=O) groups excluding carboxylic acids is 1. The minimum Gasteiger partial charge on any atom is -0.507 e. The Balaban J connectivity index is 1.11. The minimum atomic E-state index is -0.109. The lowest BCUT2D eigenvalue weighted by atomic mass is 10.1. The lowest BCUT2D eigenvalue weighted by Gasteiger charge is -2.04. The standard InChI is InChI=1S/C28H19N3O3S2/c32-23-7-3-1-5-17(23)15-29-18-10-12-22-26(14-18)36-28(31-22)35-16-27(33)30-19-9-11-21-20-6-2-4-8-24(20)34-25(21)13-19/h1-15,32H,16H2,(H,30,33). The number of para-hydroxylation sites is 2. The van der Waals surface area contributed by atoms with Crippen molar-refractivity contribution in [3.8, 4) is 5.75 Å². The molecule has 176 valence electrons. The van der Waals surface area contributed by atoms with Crippen molar-refractivity contribution >= 4 is 78.8 Å². The summed E-state index contributed by atoms with van der Waals surface area (Å²) < 4.78 is 7.71. The number of nitrogens with zero attached hydrogens (tertiary/aromatic N) is 2. The number of furan rings is 1. The van der Waals surface area contributed by atoms with Crippen molar-refractivity contribution in [1.82, 2.24) is 4.98 Å². The van der Waals surface area contributed by atoms with Crippen LogP contribution in [-0.2, 0) is 4.79 Å². The highest BCUT2D eigenvalue weighted by atomic mass is 32.2. The monoisotopic (exact) mass is 509 g/mol. The summed E-state index contributed by atoms with van der Waals surface area (Å²) in [5.41, 5.74) is 4.56. The van der Waals surface area contributed by atoms with E-state index in [1.807, 2.05) is 66.7 Å². The Morgan fingerprint density at radius 3 is 2.75 bits per heavy atom. The van der Waals surface area contributed by atoms with Gasteiger partial charge >= 0.3 is 0 Å². The predicted octanol–water partition coefficient (Wildman–Crippen LogP) is 7.38. The molecule has 6 aromatic rings. The summed E-state index contributed by atoms with van der Waals surface area (Å²) in [6.45, 7) is 0. The number of benzene rings is 4. The van der Waals surface area contributed by atoms with Gasteiger partial charge in [-0.25, -0.2) is 4.98 Å². The quantitative estimate of drug-likeness (QED) is 0.181. The Morgan fingerprint density at radius 2 is 1.83 bits per heavy atom. The van der Waals surface area contributed by atoms with Gasteiger partial charge < -0.3 is 14.8 Å². The Bertz CT molecular complexity index is 1770. The number of aromatic hydroxyl groups is 1. The average Bonchev–Trinajstić information content (AvgIpc) is 3.47. The van der Waals surface area contributed by atoms with Crippen molar-refractivity contribution in [3.05, 3.63) is 90.5 Å². The van der Waals surface area contributed by atoms with E-state index in [1.54, 1.807) is 24.4 Å². The molecule has 0 saturated carbocycles. The summed E-state index contributed by atoms with van der Waals surface area (Å²) in [5, 5.41) is 14.9. The van der Waals surface area contributed by atoms with Crippen molar-refractivity contribution in [2.75, 3.05) is 11.1 Å². The van der Waals surface area contributed by atoms with Gasteiger partial charge in [-0.2, -0.15) is 0 Å². The van der Waals surface area contributed by atoms with Crippen molar-refractivity contribution in [1.29, 1.82) is 0 Å². The molecular formula is C28H19N3O3S2. The van der Waals surface area contributed by atoms with Crippen LogP contribution in [0.25, 0.3) is 32.2 Å². The number of thioether (sulfide) groups is 1. The zero-order valence-electron chi connectivity index (χ0n) is 18.8. The number of amides is 1. The lowest BCUT2D eigenvalue weighted by molar-refractivity contribution is -0.113. The van der Waals surface area contributed by atoms with E-state index in [2.05, 4.69) is 15.3 Å². The highest BCUT2D eigenvalue weighted by Crippen LogP contribution is 2.33. The first-order valence-electron chi connectivity index (χ1n) is 11.2. The summed E-state index contributed by atoms with van der Waals surface area (Å²) in [5.74, 6) is 0.327. The van der Waals surface area contributed by atoms with Crippen LogP contribution in [0.4, 0.5) is 11.4 Å². The fourth-order valence-electron chi connectivity index (χ4n) is 3.90. The molecule has 0 atom stereocenters. The van der Waals surface area contributed by atoms with Crippen molar-refractivity contribution in [2.24, 2.45) is 4.99 Å². The zero-order valence-corrected chi connectivity index (χ0v) is 20.5. The maximum absolute atomic E-state index is 12.6. The van der Waals surface area contributed by atoms with E-state index < -0.39 is 0 Å². The van der Waals surface area contributed by atoms with Gasteiger partial charge in [0.15, 0.2) is 4.34 Å². The highest BCUT2D eigenvalue weighted by molar-refractivity contribution is 8.01. The third kappa shape index (κ3) is 4.56. The fourth-order valence-corrected chi connectivity index (χ4v) is 5.80. The van der Waals surface area contributed by atoms with Crippen molar-refractivity contribution in [2.45, 2.75) is 4.34 Å². The third-order valence-electron chi connectivity index (χ3n) is 5.63. The molecular weight excluding hydrogens is 490 g/mol. The smallest absolute Gasteiger partial charge is 0.234 e. The molecule has 2 heterocycles. The summed E-state index contributed by atoms with van der Waals surface area (Å²) in [6.07, 6.45) is 1.64. The van der Waals surface area contributed by atoms with Crippen LogP contribution in [0, 0.1) is 0 Å². The van der Waals surface area contributed by atoms with Crippen molar-refractivity contribution < 1.29 is 14.3 Å². The van der Waals surface area contributed by atoms with Crippen LogP contribution in [0.2, 0.25) is 0 Å². The van der Waals surface area contributed by atoms with Crippen LogP contribution in [0.15, 0.2) is 98.7 Å². The molecule has 0 aliphatic carbocycles. The number of fused-ring (bicyclic) bond motifs is 4. The molecule has 6 nitrogen and oxygen atoms in total. The lowest BCUT2D eigenvalue weighted by Crippen LogP contribution is -2.13. The topological polar surface area (TPSA) is 87.7 Å². The Hall–Kier alpha value is -4.14. The van der Waals surface area contributed by atoms with Crippen LogP contribution < -0.4 is 5.32 Å². The van der Waals surface area contributed by atoms with E-state index in [0.717, 1.165) is 42.2 Å². The van der Waals surface area contributed by atoms with Crippen LogP contribution in [0.1, 0.15) is 5.56 Å². The number of aliphatic imine (C=N–C) groups is 1. The SMILES string of the molecule is O=C(CSc1nc2ccc(N=Cc3ccccc3O)cc2s1)Nc1ccc2c(c1)oc1ccccc12. The van der Waals surface area contributed by atoms with Gasteiger partial charge in [-0.1, -0.05) is 42.1 Å². The molecule has 8 heteroatoms. The van der Waals surface area contributed by atoms with Gasteiger partial charge in [-0.3, -0.25) is 9.79 Å². The third-order valence-corrected chi connectivity index (χ3v) is 7.79. The Labute approximate surface area is 214 Å². The van der Waals surface area contributed by atoms with E-state index in [4.69, 9.17) is 4.42 Å². The number of anilines is 1. The summed E-state index contributed by atoms with van der Waals surface area (Å²) in [4.78, 5) is 21.7. The molecule has 0 aliphatic rings. The number of aromatic nitrogens is 1. The van der Waals surface area contributed by atoms with Crippen molar-refractivity contribution in [3.63, 3.8) is 0 Å². The molecule has 6 rings (SSSR count). The molecule has 1 amide bonds. The molecule has 0 fully saturated rings. The molecule has 0 aliphatic heterocycles. The molecule has 0 radical (unpaired) electrons. The first-order chi connectivity index (χ1) is 17.6. The molecule has 0 saturated heterocycles. The Morgan fingerprint density at radius 1 is 1.00 bits per heavy atom. The maximum Gasteiger partial charge on any atom is 0.234 e. The van der Waals surface area contributed by atoms with Crippen LogP contribution in [-0.4, -0.2) is 28.0 Å². The second-order valence-corrected chi connectivity index (χ2v) is 10.3. The molecule has 0 unspecified atom stereocenters. The van der Waals surface area contributed by atoms with Crippen LogP contribution in [0.5, 0.6) is 5.75 Å². The van der Waals surface area contributed by atoms with Gasteiger partial charge in [0.25, 0.3) is 0 Å². The zero-order chi connectivity index (χ0) is 24.5. The van der Waals surface area contributed by atoms with Crippen LogP contribution >= 0.6 is 23.1 Å². The second-order valence-electron chi connectivity index (χ2n) is 8.09. The van der Waals surface area contributed by atoms with Crippen LogP contribution in [0.3, 0.4) is 0 Å². The number of hydrogen-bond acceptors (Lipinski definition) is 7. The molecule has 2 aromatic heterocycles. The highest BCUT2D eigenvalue weighted by Gasteiger charge is 2.11. The first kappa shape index (κ1) is 22.3. The number of carbonyl (C=O) groups is 1. The molecule has 4 aromatic carbocycles. The predicted molar refractivity (Wildman–Crippen MR) is 148 cm³/mol. The average molecular weight is 510 g/mol.